The van der Waals surface area contributed by atoms with Gasteiger partial charge in [-0.1, -0.05) is 0 Å². The number of nitrogens with zero attached hydrogens (tertiary/aromatic N) is 2. The summed E-state index contributed by atoms with van der Waals surface area (Å²) >= 11 is 0. The minimum absolute atomic E-state index is 0.215. The van der Waals surface area contributed by atoms with Crippen molar-refractivity contribution in [2.45, 2.75) is 6.92 Å². The maximum absolute atomic E-state index is 11.4. The van der Waals surface area contributed by atoms with Crippen LogP contribution in [0.15, 0.2) is 10.6 Å². The molecule has 0 aromatic carbocycles. The topological polar surface area (TPSA) is 58.4 Å². The number of carbonyl (C=O) groups excluding carboxylic acids is 1. The number of amides is 1. The standard InChI is InChI=1S/C9H15N3O2/c1-7-11-6-8(14-7)9(13)10-4-5-12(2)3/h6H,4-5H2,1-3H3,(H,10,13). The molecular formula is C9H15N3O2. The molecule has 0 saturated carbocycles. The molecule has 0 bridgehead atoms. The number of hydrogen-bond acceptors (Lipinski definition) is 4. The first-order valence-electron chi connectivity index (χ1n) is 4.45. The van der Waals surface area contributed by atoms with E-state index in [9.17, 15) is 4.79 Å². The molecule has 5 heteroatoms. The average Bonchev–Trinajstić information content (AvgIpc) is 2.51. The summed E-state index contributed by atoms with van der Waals surface area (Å²) in [6.07, 6.45) is 1.43. The van der Waals surface area contributed by atoms with Gasteiger partial charge in [-0.05, 0) is 14.1 Å². The second-order valence-electron chi connectivity index (χ2n) is 3.30. The van der Waals surface area contributed by atoms with Crippen molar-refractivity contribution in [2.24, 2.45) is 0 Å². The molecule has 1 aromatic rings. The lowest BCUT2D eigenvalue weighted by atomic mass is 10.4. The summed E-state index contributed by atoms with van der Waals surface area (Å²) in [5.41, 5.74) is 0. The van der Waals surface area contributed by atoms with Crippen LogP contribution in [0.1, 0.15) is 16.4 Å². The Morgan fingerprint density at radius 3 is 2.86 bits per heavy atom. The fraction of sp³-hybridized carbons (Fsp3) is 0.556. The molecule has 5 nitrogen and oxygen atoms in total. The molecule has 0 unspecified atom stereocenters. The summed E-state index contributed by atoms with van der Waals surface area (Å²) in [5.74, 6) is 0.552. The summed E-state index contributed by atoms with van der Waals surface area (Å²) in [7, 11) is 3.90. The lowest BCUT2D eigenvalue weighted by Crippen LogP contribution is -2.31. The Bertz CT molecular complexity index is 307. The van der Waals surface area contributed by atoms with Gasteiger partial charge in [0.15, 0.2) is 5.89 Å². The van der Waals surface area contributed by atoms with Crippen LogP contribution in [0.3, 0.4) is 0 Å². The van der Waals surface area contributed by atoms with Crippen molar-refractivity contribution in [3.63, 3.8) is 0 Å². The van der Waals surface area contributed by atoms with E-state index in [0.717, 1.165) is 6.54 Å². The Morgan fingerprint density at radius 2 is 2.36 bits per heavy atom. The highest BCUT2D eigenvalue weighted by atomic mass is 16.4. The largest absolute Gasteiger partial charge is 0.436 e. The SMILES string of the molecule is Cc1ncc(C(=O)NCCN(C)C)o1. The van der Waals surface area contributed by atoms with Crippen LogP contribution in [0.4, 0.5) is 0 Å². The van der Waals surface area contributed by atoms with Gasteiger partial charge in [0.25, 0.3) is 5.91 Å². The Kier molecular flexibility index (Phi) is 3.64. The molecule has 0 aliphatic heterocycles. The smallest absolute Gasteiger partial charge is 0.288 e. The fourth-order valence-corrected chi connectivity index (χ4v) is 0.946. The van der Waals surface area contributed by atoms with Crippen LogP contribution in [0.2, 0.25) is 0 Å². The Labute approximate surface area is 83.1 Å². The molecule has 1 N–H and O–H groups in total. The van der Waals surface area contributed by atoms with Crippen molar-refractivity contribution in [3.8, 4) is 0 Å². The first-order chi connectivity index (χ1) is 6.59. The Balaban J connectivity index is 2.36. The van der Waals surface area contributed by atoms with E-state index in [1.165, 1.54) is 6.20 Å². The van der Waals surface area contributed by atoms with Crippen molar-refractivity contribution < 1.29 is 9.21 Å². The van der Waals surface area contributed by atoms with E-state index in [-0.39, 0.29) is 11.7 Å². The number of nitrogens with one attached hydrogen (secondary N) is 1. The van der Waals surface area contributed by atoms with E-state index in [2.05, 4.69) is 10.3 Å². The third kappa shape index (κ3) is 3.18. The number of likely N-dealkylation sites (N-methyl/N-ethyl adjacent to an activating group) is 1. The lowest BCUT2D eigenvalue weighted by molar-refractivity contribution is 0.0922. The van der Waals surface area contributed by atoms with Gasteiger partial charge in [-0.2, -0.15) is 0 Å². The van der Waals surface area contributed by atoms with Gasteiger partial charge in [-0.15, -0.1) is 0 Å². The van der Waals surface area contributed by atoms with E-state index in [1.54, 1.807) is 6.92 Å². The van der Waals surface area contributed by atoms with E-state index in [4.69, 9.17) is 4.42 Å². The van der Waals surface area contributed by atoms with Gasteiger partial charge in [-0.3, -0.25) is 4.79 Å². The normalized spacial score (nSPS) is 10.6. The number of aromatic nitrogens is 1. The van der Waals surface area contributed by atoms with Gasteiger partial charge in [0.2, 0.25) is 5.76 Å². The summed E-state index contributed by atoms with van der Waals surface area (Å²) < 4.78 is 5.07. The highest BCUT2D eigenvalue weighted by Gasteiger charge is 2.09. The Hall–Kier alpha value is -1.36. The number of aryl methyl sites for hydroxylation is 1. The summed E-state index contributed by atoms with van der Waals surface area (Å²) in [4.78, 5) is 17.2. The quantitative estimate of drug-likeness (QED) is 0.753. The van der Waals surface area contributed by atoms with Crippen molar-refractivity contribution >= 4 is 5.91 Å². The van der Waals surface area contributed by atoms with Crippen LogP contribution < -0.4 is 5.32 Å². The minimum atomic E-state index is -0.215. The molecule has 0 spiro atoms. The van der Waals surface area contributed by atoms with E-state index >= 15 is 0 Å². The minimum Gasteiger partial charge on any atom is -0.436 e. The summed E-state index contributed by atoms with van der Waals surface area (Å²) in [6, 6.07) is 0. The van der Waals surface area contributed by atoms with Crippen molar-refractivity contribution in [3.05, 3.63) is 17.8 Å². The zero-order chi connectivity index (χ0) is 10.6. The molecule has 0 fully saturated rings. The first-order valence-corrected chi connectivity index (χ1v) is 4.45. The van der Waals surface area contributed by atoms with Crippen LogP contribution >= 0.6 is 0 Å². The van der Waals surface area contributed by atoms with Gasteiger partial charge >= 0.3 is 0 Å². The average molecular weight is 197 g/mol. The van der Waals surface area contributed by atoms with Crippen molar-refractivity contribution in [2.75, 3.05) is 27.2 Å². The second kappa shape index (κ2) is 4.76. The predicted molar refractivity (Wildman–Crippen MR) is 52.1 cm³/mol. The van der Waals surface area contributed by atoms with Crippen LogP contribution in [-0.4, -0.2) is 43.0 Å². The van der Waals surface area contributed by atoms with Gasteiger partial charge in [0, 0.05) is 20.0 Å². The number of carbonyl (C=O) groups is 1. The predicted octanol–water partition coefficient (Wildman–Crippen LogP) is 0.274. The number of rotatable bonds is 4. The summed E-state index contributed by atoms with van der Waals surface area (Å²) in [5, 5.41) is 2.73. The number of hydrogen-bond donors (Lipinski definition) is 1. The zero-order valence-corrected chi connectivity index (χ0v) is 8.70. The second-order valence-corrected chi connectivity index (χ2v) is 3.30. The highest BCUT2D eigenvalue weighted by molar-refractivity contribution is 5.91. The molecule has 14 heavy (non-hydrogen) atoms. The van der Waals surface area contributed by atoms with Gasteiger partial charge < -0.3 is 14.6 Å². The van der Waals surface area contributed by atoms with Gasteiger partial charge in [0.05, 0.1) is 6.20 Å². The van der Waals surface area contributed by atoms with E-state index in [0.29, 0.717) is 12.4 Å². The molecule has 1 amide bonds. The van der Waals surface area contributed by atoms with Gasteiger partial charge in [0.1, 0.15) is 0 Å². The molecule has 0 atom stereocenters. The lowest BCUT2D eigenvalue weighted by Gasteiger charge is -2.08. The van der Waals surface area contributed by atoms with Crippen molar-refractivity contribution in [1.82, 2.24) is 15.2 Å². The molecule has 78 valence electrons. The van der Waals surface area contributed by atoms with E-state index < -0.39 is 0 Å². The third-order valence-electron chi connectivity index (χ3n) is 1.69. The molecule has 0 aliphatic rings. The highest BCUT2D eigenvalue weighted by Crippen LogP contribution is 2.00. The monoisotopic (exact) mass is 197 g/mol. The molecule has 1 heterocycles. The van der Waals surface area contributed by atoms with Crippen LogP contribution in [0.5, 0.6) is 0 Å². The first kappa shape index (κ1) is 10.7. The maximum Gasteiger partial charge on any atom is 0.288 e. The van der Waals surface area contributed by atoms with Crippen LogP contribution in [0, 0.1) is 6.92 Å². The third-order valence-corrected chi connectivity index (χ3v) is 1.69. The molecule has 0 saturated heterocycles. The molecule has 1 aromatic heterocycles. The fourth-order valence-electron chi connectivity index (χ4n) is 0.946. The zero-order valence-electron chi connectivity index (χ0n) is 8.70. The number of oxazole rings is 1. The Morgan fingerprint density at radius 1 is 1.64 bits per heavy atom. The summed E-state index contributed by atoms with van der Waals surface area (Å²) in [6.45, 7) is 3.11. The van der Waals surface area contributed by atoms with Crippen LogP contribution in [0.25, 0.3) is 0 Å². The molecular weight excluding hydrogens is 182 g/mol. The van der Waals surface area contributed by atoms with Crippen LogP contribution in [-0.2, 0) is 0 Å². The molecule has 0 radical (unpaired) electrons. The van der Waals surface area contributed by atoms with Gasteiger partial charge in [-0.25, -0.2) is 4.98 Å². The molecule has 1 rings (SSSR count). The molecule has 0 aliphatic carbocycles. The van der Waals surface area contributed by atoms with Crippen molar-refractivity contribution in [1.29, 1.82) is 0 Å². The maximum atomic E-state index is 11.4. The van der Waals surface area contributed by atoms with E-state index in [1.807, 2.05) is 19.0 Å².